The van der Waals surface area contributed by atoms with Crippen LogP contribution in [0, 0.1) is 5.41 Å². The highest BCUT2D eigenvalue weighted by molar-refractivity contribution is 5.78. The molecule has 92 valence electrons. The van der Waals surface area contributed by atoms with Gasteiger partial charge in [-0.05, 0) is 19.4 Å². The van der Waals surface area contributed by atoms with Gasteiger partial charge in [-0.15, -0.1) is 0 Å². The molecular weight excluding hydrogens is 208 g/mol. The summed E-state index contributed by atoms with van der Waals surface area (Å²) in [5.74, 6) is -0.786. The first-order valence-electron chi connectivity index (χ1n) is 5.70. The number of hydrogen-bond donors (Lipinski definition) is 2. The smallest absolute Gasteiger partial charge is 0.310 e. The Balaban J connectivity index is 2.60. The first-order chi connectivity index (χ1) is 7.54. The summed E-state index contributed by atoms with van der Waals surface area (Å²) in [6.07, 6.45) is 2.19. The van der Waals surface area contributed by atoms with E-state index in [0.29, 0.717) is 32.5 Å². The number of nitrogens with zero attached hydrogens (tertiary/aromatic N) is 1. The Morgan fingerprint density at radius 2 is 2.19 bits per heavy atom. The third-order valence-electron chi connectivity index (χ3n) is 3.26. The molecule has 2 N–H and O–H groups in total. The number of likely N-dealkylation sites (tertiary alicyclic amines) is 1. The van der Waals surface area contributed by atoms with E-state index in [0.717, 1.165) is 6.42 Å². The molecule has 1 heterocycles. The number of likely N-dealkylation sites (N-methyl/N-ethyl adjacent to an activating group) is 1. The van der Waals surface area contributed by atoms with E-state index in [2.05, 4.69) is 5.32 Å². The molecule has 5 nitrogen and oxygen atoms in total. The van der Waals surface area contributed by atoms with Gasteiger partial charge in [0, 0.05) is 13.6 Å². The third-order valence-corrected chi connectivity index (χ3v) is 3.26. The van der Waals surface area contributed by atoms with Crippen LogP contribution in [0.3, 0.4) is 0 Å². The van der Waals surface area contributed by atoms with Crippen molar-refractivity contribution in [3.63, 3.8) is 0 Å². The number of amides is 1. The average molecular weight is 228 g/mol. The topological polar surface area (TPSA) is 69.6 Å². The summed E-state index contributed by atoms with van der Waals surface area (Å²) in [7, 11) is 1.59. The number of aliphatic carboxylic acids is 1. The quantitative estimate of drug-likeness (QED) is 0.710. The number of carboxylic acids is 1. The largest absolute Gasteiger partial charge is 0.481 e. The zero-order valence-electron chi connectivity index (χ0n) is 9.95. The summed E-state index contributed by atoms with van der Waals surface area (Å²) in [4.78, 5) is 24.4. The molecular formula is C11H20N2O3. The SMILES string of the molecule is CCCC1(C(=O)O)CCN(CC(=O)NC)C1. The second kappa shape index (κ2) is 5.30. The lowest BCUT2D eigenvalue weighted by molar-refractivity contribution is -0.148. The number of rotatable bonds is 5. The van der Waals surface area contributed by atoms with E-state index in [1.807, 2.05) is 11.8 Å². The first kappa shape index (κ1) is 13.0. The molecule has 1 rings (SSSR count). The fourth-order valence-electron chi connectivity index (χ4n) is 2.34. The van der Waals surface area contributed by atoms with Gasteiger partial charge in [0.2, 0.25) is 5.91 Å². The molecule has 1 unspecified atom stereocenters. The van der Waals surface area contributed by atoms with Crippen molar-refractivity contribution in [3.05, 3.63) is 0 Å². The Morgan fingerprint density at radius 3 is 2.69 bits per heavy atom. The summed E-state index contributed by atoms with van der Waals surface area (Å²) in [5, 5.41) is 11.8. The molecule has 0 saturated carbocycles. The van der Waals surface area contributed by atoms with Crippen LogP contribution in [0.15, 0.2) is 0 Å². The molecule has 1 aliphatic heterocycles. The number of carboxylic acid groups (broad SMARTS) is 1. The normalized spacial score (nSPS) is 25.6. The van der Waals surface area contributed by atoms with Crippen molar-refractivity contribution in [2.75, 3.05) is 26.7 Å². The average Bonchev–Trinajstić information content (AvgIpc) is 2.63. The highest BCUT2D eigenvalue weighted by Crippen LogP contribution is 2.35. The third kappa shape index (κ3) is 2.72. The van der Waals surface area contributed by atoms with Crippen molar-refractivity contribution in [2.24, 2.45) is 5.41 Å². The summed E-state index contributed by atoms with van der Waals surface area (Å²) in [6, 6.07) is 0. The second-order valence-electron chi connectivity index (χ2n) is 4.47. The van der Waals surface area contributed by atoms with Crippen molar-refractivity contribution in [3.8, 4) is 0 Å². The number of hydrogen-bond acceptors (Lipinski definition) is 3. The van der Waals surface area contributed by atoms with Crippen LogP contribution in [0.2, 0.25) is 0 Å². The lowest BCUT2D eigenvalue weighted by Crippen LogP contribution is -2.38. The summed E-state index contributed by atoms with van der Waals surface area (Å²) < 4.78 is 0. The van der Waals surface area contributed by atoms with Crippen LogP contribution in [0.25, 0.3) is 0 Å². The minimum Gasteiger partial charge on any atom is -0.481 e. The van der Waals surface area contributed by atoms with E-state index in [-0.39, 0.29) is 5.91 Å². The summed E-state index contributed by atoms with van der Waals surface area (Å²) >= 11 is 0. The second-order valence-corrected chi connectivity index (χ2v) is 4.47. The van der Waals surface area contributed by atoms with E-state index in [1.165, 1.54) is 0 Å². The number of carbonyl (C=O) groups excluding carboxylic acids is 1. The van der Waals surface area contributed by atoms with Gasteiger partial charge in [0.05, 0.1) is 12.0 Å². The molecule has 0 aliphatic carbocycles. The van der Waals surface area contributed by atoms with Gasteiger partial charge in [0.25, 0.3) is 0 Å². The Labute approximate surface area is 95.8 Å². The predicted octanol–water partition coefficient (Wildman–Crippen LogP) is 0.309. The Morgan fingerprint density at radius 1 is 1.50 bits per heavy atom. The minimum absolute atomic E-state index is 0.0577. The van der Waals surface area contributed by atoms with E-state index < -0.39 is 11.4 Å². The maximum absolute atomic E-state index is 11.3. The Bertz CT molecular complexity index is 280. The fourth-order valence-corrected chi connectivity index (χ4v) is 2.34. The standard InChI is InChI=1S/C11H20N2O3/c1-3-4-11(10(15)16)5-6-13(8-11)7-9(14)12-2/h3-8H2,1-2H3,(H,12,14)(H,15,16). The Kier molecular flexibility index (Phi) is 4.29. The van der Waals surface area contributed by atoms with Gasteiger partial charge in [-0.3, -0.25) is 14.5 Å². The van der Waals surface area contributed by atoms with Gasteiger partial charge in [-0.25, -0.2) is 0 Å². The van der Waals surface area contributed by atoms with Gasteiger partial charge >= 0.3 is 5.97 Å². The monoisotopic (exact) mass is 228 g/mol. The minimum atomic E-state index is -0.728. The van der Waals surface area contributed by atoms with Crippen molar-refractivity contribution in [1.82, 2.24) is 10.2 Å². The van der Waals surface area contributed by atoms with Crippen LogP contribution >= 0.6 is 0 Å². The molecule has 1 amide bonds. The lowest BCUT2D eigenvalue weighted by Gasteiger charge is -2.23. The molecule has 0 aromatic heterocycles. The van der Waals surface area contributed by atoms with E-state index >= 15 is 0 Å². The predicted molar refractivity (Wildman–Crippen MR) is 60.1 cm³/mol. The van der Waals surface area contributed by atoms with E-state index in [9.17, 15) is 14.7 Å². The van der Waals surface area contributed by atoms with Gasteiger partial charge in [-0.1, -0.05) is 13.3 Å². The van der Waals surface area contributed by atoms with Crippen LogP contribution in [-0.2, 0) is 9.59 Å². The van der Waals surface area contributed by atoms with E-state index in [4.69, 9.17) is 0 Å². The molecule has 0 bridgehead atoms. The van der Waals surface area contributed by atoms with Gasteiger partial charge in [0.15, 0.2) is 0 Å². The van der Waals surface area contributed by atoms with Crippen LogP contribution in [0.5, 0.6) is 0 Å². The van der Waals surface area contributed by atoms with Crippen molar-refractivity contribution < 1.29 is 14.7 Å². The maximum Gasteiger partial charge on any atom is 0.310 e. The van der Waals surface area contributed by atoms with Gasteiger partial charge < -0.3 is 10.4 Å². The molecule has 0 aromatic rings. The van der Waals surface area contributed by atoms with Crippen LogP contribution < -0.4 is 5.32 Å². The molecule has 5 heteroatoms. The van der Waals surface area contributed by atoms with Crippen molar-refractivity contribution in [2.45, 2.75) is 26.2 Å². The van der Waals surface area contributed by atoms with Crippen molar-refractivity contribution >= 4 is 11.9 Å². The van der Waals surface area contributed by atoms with Gasteiger partial charge in [0.1, 0.15) is 0 Å². The summed E-state index contributed by atoms with van der Waals surface area (Å²) in [5.41, 5.74) is -0.636. The molecule has 0 aromatic carbocycles. The molecule has 1 fully saturated rings. The zero-order valence-corrected chi connectivity index (χ0v) is 9.95. The maximum atomic E-state index is 11.3. The lowest BCUT2D eigenvalue weighted by atomic mass is 9.83. The highest BCUT2D eigenvalue weighted by atomic mass is 16.4. The van der Waals surface area contributed by atoms with Crippen LogP contribution in [0.1, 0.15) is 26.2 Å². The highest BCUT2D eigenvalue weighted by Gasteiger charge is 2.44. The Hall–Kier alpha value is -1.10. The first-order valence-corrected chi connectivity index (χ1v) is 5.70. The molecule has 1 aliphatic rings. The van der Waals surface area contributed by atoms with Crippen molar-refractivity contribution in [1.29, 1.82) is 0 Å². The molecule has 1 atom stereocenters. The van der Waals surface area contributed by atoms with E-state index in [1.54, 1.807) is 7.05 Å². The summed E-state index contributed by atoms with van der Waals surface area (Å²) in [6.45, 7) is 3.48. The van der Waals surface area contributed by atoms with Crippen LogP contribution in [0.4, 0.5) is 0 Å². The zero-order chi connectivity index (χ0) is 12.2. The molecule has 0 radical (unpaired) electrons. The fraction of sp³-hybridized carbons (Fsp3) is 0.818. The molecule has 16 heavy (non-hydrogen) atoms. The molecule has 0 spiro atoms. The van der Waals surface area contributed by atoms with Crippen LogP contribution in [-0.4, -0.2) is 48.6 Å². The number of carbonyl (C=O) groups is 2. The number of nitrogens with one attached hydrogen (secondary N) is 1. The van der Waals surface area contributed by atoms with Gasteiger partial charge in [-0.2, -0.15) is 0 Å². The molecule has 1 saturated heterocycles.